The van der Waals surface area contributed by atoms with Gasteiger partial charge < -0.3 is 14.9 Å². The second kappa shape index (κ2) is 5.97. The minimum atomic E-state index is -0.808. The van der Waals surface area contributed by atoms with Crippen LogP contribution in [0.2, 0.25) is 0 Å². The highest BCUT2D eigenvalue weighted by atomic mass is 16.5. The summed E-state index contributed by atoms with van der Waals surface area (Å²) < 4.78 is 5.15. The molecule has 3 rings (SSSR count). The van der Waals surface area contributed by atoms with E-state index in [0.717, 1.165) is 5.56 Å². The van der Waals surface area contributed by atoms with Gasteiger partial charge in [-0.2, -0.15) is 0 Å². The highest BCUT2D eigenvalue weighted by Crippen LogP contribution is 2.26. The lowest BCUT2D eigenvalue weighted by atomic mass is 10.1. The SMILES string of the molecule is O=C(N[C@H]1CC[C@@H](C(=O)O)C1)c1cc(-c2cccnc2)on1. The van der Waals surface area contributed by atoms with Gasteiger partial charge >= 0.3 is 5.97 Å². The Morgan fingerprint density at radius 3 is 2.91 bits per heavy atom. The highest BCUT2D eigenvalue weighted by molar-refractivity contribution is 5.93. The van der Waals surface area contributed by atoms with Gasteiger partial charge in [-0.15, -0.1) is 0 Å². The number of carboxylic acid groups (broad SMARTS) is 1. The summed E-state index contributed by atoms with van der Waals surface area (Å²) >= 11 is 0. The molecular formula is C15H15N3O4. The number of amides is 1. The van der Waals surface area contributed by atoms with Gasteiger partial charge in [0.15, 0.2) is 11.5 Å². The van der Waals surface area contributed by atoms with Gasteiger partial charge in [0.05, 0.1) is 5.92 Å². The van der Waals surface area contributed by atoms with Crippen LogP contribution in [0.25, 0.3) is 11.3 Å². The van der Waals surface area contributed by atoms with Gasteiger partial charge in [-0.1, -0.05) is 5.16 Å². The maximum atomic E-state index is 12.1. The lowest BCUT2D eigenvalue weighted by molar-refractivity contribution is -0.141. The fourth-order valence-electron chi connectivity index (χ4n) is 2.62. The van der Waals surface area contributed by atoms with Crippen molar-refractivity contribution >= 4 is 11.9 Å². The van der Waals surface area contributed by atoms with Gasteiger partial charge in [0.25, 0.3) is 5.91 Å². The molecule has 2 aromatic heterocycles. The van der Waals surface area contributed by atoms with Gasteiger partial charge in [0, 0.05) is 30.1 Å². The molecule has 1 aliphatic rings. The van der Waals surface area contributed by atoms with Crippen LogP contribution >= 0.6 is 0 Å². The zero-order chi connectivity index (χ0) is 15.5. The van der Waals surface area contributed by atoms with E-state index >= 15 is 0 Å². The third-order valence-electron chi connectivity index (χ3n) is 3.81. The molecule has 2 aromatic rings. The van der Waals surface area contributed by atoms with E-state index in [1.807, 2.05) is 6.07 Å². The Hall–Kier alpha value is -2.70. The molecule has 2 atom stereocenters. The van der Waals surface area contributed by atoms with Crippen molar-refractivity contribution < 1.29 is 19.2 Å². The Labute approximate surface area is 126 Å². The molecule has 1 fully saturated rings. The molecule has 0 bridgehead atoms. The van der Waals surface area contributed by atoms with Crippen LogP contribution in [0, 0.1) is 5.92 Å². The summed E-state index contributed by atoms with van der Waals surface area (Å²) in [6.45, 7) is 0. The van der Waals surface area contributed by atoms with Crippen LogP contribution in [-0.4, -0.2) is 33.2 Å². The molecule has 7 nitrogen and oxygen atoms in total. The van der Waals surface area contributed by atoms with Crippen molar-refractivity contribution in [2.45, 2.75) is 25.3 Å². The average molecular weight is 301 g/mol. The second-order valence-electron chi connectivity index (χ2n) is 5.34. The minimum absolute atomic E-state index is 0.132. The monoisotopic (exact) mass is 301 g/mol. The Kier molecular flexibility index (Phi) is 3.86. The maximum absolute atomic E-state index is 12.1. The summed E-state index contributed by atoms with van der Waals surface area (Å²) in [5.41, 5.74) is 0.915. The Balaban J connectivity index is 1.64. The van der Waals surface area contributed by atoms with Crippen LogP contribution in [0.15, 0.2) is 35.1 Å². The van der Waals surface area contributed by atoms with Crippen molar-refractivity contribution in [3.63, 3.8) is 0 Å². The van der Waals surface area contributed by atoms with Crippen molar-refractivity contribution in [3.05, 3.63) is 36.3 Å². The van der Waals surface area contributed by atoms with E-state index in [-0.39, 0.29) is 23.6 Å². The molecular weight excluding hydrogens is 286 g/mol. The first-order valence-corrected chi connectivity index (χ1v) is 7.04. The normalized spacial score (nSPS) is 20.7. The van der Waals surface area contributed by atoms with Crippen molar-refractivity contribution in [3.8, 4) is 11.3 Å². The number of carboxylic acids is 1. The third-order valence-corrected chi connectivity index (χ3v) is 3.81. The fraction of sp³-hybridized carbons (Fsp3) is 0.333. The summed E-state index contributed by atoms with van der Waals surface area (Å²) in [4.78, 5) is 27.0. The summed E-state index contributed by atoms with van der Waals surface area (Å²) in [6.07, 6.45) is 4.97. The molecule has 0 aromatic carbocycles. The van der Waals surface area contributed by atoms with Crippen LogP contribution in [0.5, 0.6) is 0 Å². The molecule has 114 valence electrons. The van der Waals surface area contributed by atoms with Crippen molar-refractivity contribution in [1.29, 1.82) is 0 Å². The Morgan fingerprint density at radius 1 is 1.36 bits per heavy atom. The molecule has 0 aliphatic heterocycles. The van der Waals surface area contributed by atoms with Crippen LogP contribution in [-0.2, 0) is 4.79 Å². The van der Waals surface area contributed by atoms with Crippen LogP contribution in [0.1, 0.15) is 29.8 Å². The largest absolute Gasteiger partial charge is 0.481 e. The lowest BCUT2D eigenvalue weighted by Crippen LogP contribution is -2.33. The van der Waals surface area contributed by atoms with E-state index < -0.39 is 5.97 Å². The zero-order valence-corrected chi connectivity index (χ0v) is 11.7. The van der Waals surface area contributed by atoms with E-state index in [4.69, 9.17) is 9.63 Å². The molecule has 0 spiro atoms. The molecule has 2 heterocycles. The molecule has 22 heavy (non-hydrogen) atoms. The zero-order valence-electron chi connectivity index (χ0n) is 11.7. The molecule has 7 heteroatoms. The van der Waals surface area contributed by atoms with E-state index in [1.54, 1.807) is 24.5 Å². The van der Waals surface area contributed by atoms with Crippen molar-refractivity contribution in [1.82, 2.24) is 15.5 Å². The van der Waals surface area contributed by atoms with E-state index in [1.165, 1.54) is 0 Å². The lowest BCUT2D eigenvalue weighted by Gasteiger charge is -2.10. The second-order valence-corrected chi connectivity index (χ2v) is 5.34. The summed E-state index contributed by atoms with van der Waals surface area (Å²) in [5.74, 6) is -1.08. The molecule has 0 saturated heterocycles. The van der Waals surface area contributed by atoms with E-state index in [9.17, 15) is 9.59 Å². The predicted molar refractivity (Wildman–Crippen MR) is 76.0 cm³/mol. The van der Waals surface area contributed by atoms with Crippen LogP contribution < -0.4 is 5.32 Å². The maximum Gasteiger partial charge on any atom is 0.306 e. The summed E-state index contributed by atoms with van der Waals surface area (Å²) in [6, 6.07) is 4.99. The third kappa shape index (κ3) is 2.98. The highest BCUT2D eigenvalue weighted by Gasteiger charge is 2.31. The van der Waals surface area contributed by atoms with Gasteiger partial charge in [0.1, 0.15) is 0 Å². The van der Waals surface area contributed by atoms with Crippen molar-refractivity contribution in [2.24, 2.45) is 5.92 Å². The van der Waals surface area contributed by atoms with Gasteiger partial charge in [0.2, 0.25) is 0 Å². The summed E-state index contributed by atoms with van der Waals surface area (Å²) in [7, 11) is 0. The molecule has 0 unspecified atom stereocenters. The molecule has 2 N–H and O–H groups in total. The number of hydrogen-bond acceptors (Lipinski definition) is 5. The smallest absolute Gasteiger partial charge is 0.306 e. The predicted octanol–water partition coefficient (Wildman–Crippen LogP) is 1.72. The summed E-state index contributed by atoms with van der Waals surface area (Å²) in [5, 5.41) is 15.5. The average Bonchev–Trinajstić information content (AvgIpc) is 3.17. The van der Waals surface area contributed by atoms with Gasteiger partial charge in [-0.25, -0.2) is 0 Å². The topological polar surface area (TPSA) is 105 Å². The number of pyridine rings is 1. The molecule has 1 aliphatic carbocycles. The van der Waals surface area contributed by atoms with E-state index in [0.29, 0.717) is 25.0 Å². The number of rotatable bonds is 4. The first-order valence-electron chi connectivity index (χ1n) is 7.04. The van der Waals surface area contributed by atoms with E-state index in [2.05, 4.69) is 15.5 Å². The van der Waals surface area contributed by atoms with Crippen LogP contribution in [0.4, 0.5) is 0 Å². The first-order chi connectivity index (χ1) is 10.6. The molecule has 1 amide bonds. The van der Waals surface area contributed by atoms with Crippen LogP contribution in [0.3, 0.4) is 0 Å². The first kappa shape index (κ1) is 14.2. The number of aliphatic carboxylic acids is 1. The molecule has 0 radical (unpaired) electrons. The van der Waals surface area contributed by atoms with Crippen molar-refractivity contribution in [2.75, 3.05) is 0 Å². The number of carbonyl (C=O) groups is 2. The number of nitrogens with zero attached hydrogens (tertiary/aromatic N) is 2. The molecule has 1 saturated carbocycles. The number of hydrogen-bond donors (Lipinski definition) is 2. The number of aromatic nitrogens is 2. The van der Waals surface area contributed by atoms with Gasteiger partial charge in [-0.05, 0) is 31.4 Å². The fourth-order valence-corrected chi connectivity index (χ4v) is 2.62. The Bertz CT molecular complexity index is 683. The standard InChI is InChI=1S/C15H15N3O4/c19-14(17-11-4-3-9(6-11)15(20)21)12-7-13(22-18-12)10-2-1-5-16-8-10/h1-2,5,7-9,11H,3-4,6H2,(H,17,19)(H,20,21)/t9-,11+/m1/s1. The number of nitrogens with one attached hydrogen (secondary N) is 1. The van der Waals surface area contributed by atoms with Gasteiger partial charge in [-0.3, -0.25) is 14.6 Å². The Morgan fingerprint density at radius 2 is 2.23 bits per heavy atom. The quantitative estimate of drug-likeness (QED) is 0.890. The number of carbonyl (C=O) groups excluding carboxylic acids is 1. The minimum Gasteiger partial charge on any atom is -0.481 e.